The van der Waals surface area contributed by atoms with Gasteiger partial charge in [0.15, 0.2) is 10.8 Å². The molecule has 1 aliphatic heterocycles. The zero-order valence-electron chi connectivity index (χ0n) is 21.6. The van der Waals surface area contributed by atoms with Crippen molar-refractivity contribution in [1.82, 2.24) is 24.6 Å². The molecule has 0 aliphatic carbocycles. The fraction of sp³-hybridized carbons (Fsp3) is 0.500. The second kappa shape index (κ2) is 12.0. The highest BCUT2D eigenvalue weighted by molar-refractivity contribution is 7.52. The standard InChI is InChI=1S/C24H32ClN6O6P/c1-14(2)35-23(32)16(4)30-38(33,37-17-8-6-5-7-9-17)34-12-18-10-15(3)19(36-18)11-31-13-27-20-21(25)28-24(26)29-22(20)31/h5-9,13-16,18-19H,10-12H2,1-4H3,(H,30,33)(H2,26,28,29)/t15-,16-,18-,19?,38+/m0/s1. The van der Waals surface area contributed by atoms with Gasteiger partial charge in [0.25, 0.3) is 0 Å². The van der Waals surface area contributed by atoms with Crippen LogP contribution in [0.15, 0.2) is 36.7 Å². The van der Waals surface area contributed by atoms with Crippen molar-refractivity contribution in [3.05, 3.63) is 41.8 Å². The highest BCUT2D eigenvalue weighted by atomic mass is 35.5. The van der Waals surface area contributed by atoms with Gasteiger partial charge in [-0.1, -0.05) is 36.7 Å². The summed E-state index contributed by atoms with van der Waals surface area (Å²) in [5.41, 5.74) is 6.73. The van der Waals surface area contributed by atoms with Crippen molar-refractivity contribution in [2.24, 2.45) is 5.92 Å². The fourth-order valence-electron chi connectivity index (χ4n) is 4.10. The van der Waals surface area contributed by atoms with Crippen molar-refractivity contribution in [3.8, 4) is 5.75 Å². The second-order valence-electron chi connectivity index (χ2n) is 9.49. The topological polar surface area (TPSA) is 153 Å². The van der Waals surface area contributed by atoms with Crippen LogP contribution in [0.1, 0.15) is 34.1 Å². The van der Waals surface area contributed by atoms with E-state index in [4.69, 9.17) is 35.9 Å². The average Bonchev–Trinajstić information content (AvgIpc) is 3.41. The van der Waals surface area contributed by atoms with Crippen molar-refractivity contribution >= 4 is 42.4 Å². The van der Waals surface area contributed by atoms with Crippen LogP contribution < -0.4 is 15.3 Å². The van der Waals surface area contributed by atoms with Gasteiger partial charge in [0.05, 0.1) is 37.8 Å². The molecule has 1 unspecified atom stereocenters. The van der Waals surface area contributed by atoms with Gasteiger partial charge in [-0.25, -0.2) is 9.55 Å². The maximum absolute atomic E-state index is 13.7. The van der Waals surface area contributed by atoms with E-state index in [0.717, 1.165) is 0 Å². The predicted octanol–water partition coefficient (Wildman–Crippen LogP) is 3.99. The summed E-state index contributed by atoms with van der Waals surface area (Å²) in [7, 11) is -3.98. The van der Waals surface area contributed by atoms with Crippen LogP contribution in [0.4, 0.5) is 5.95 Å². The van der Waals surface area contributed by atoms with Crippen molar-refractivity contribution < 1.29 is 27.9 Å². The van der Waals surface area contributed by atoms with E-state index in [1.165, 1.54) is 6.92 Å². The number of nitrogen functional groups attached to an aromatic ring is 1. The molecule has 4 rings (SSSR count). The normalized spacial score (nSPS) is 21.9. The van der Waals surface area contributed by atoms with E-state index in [2.05, 4.69) is 27.0 Å². The number of nitrogens with zero attached hydrogens (tertiary/aromatic N) is 4. The first kappa shape index (κ1) is 28.3. The first-order valence-electron chi connectivity index (χ1n) is 12.3. The minimum Gasteiger partial charge on any atom is -0.462 e. The van der Waals surface area contributed by atoms with Crippen LogP contribution >= 0.6 is 19.3 Å². The van der Waals surface area contributed by atoms with E-state index in [0.29, 0.717) is 29.9 Å². The first-order valence-corrected chi connectivity index (χ1v) is 14.2. The van der Waals surface area contributed by atoms with Gasteiger partial charge < -0.3 is 24.3 Å². The summed E-state index contributed by atoms with van der Waals surface area (Å²) in [4.78, 5) is 24.8. The lowest BCUT2D eigenvalue weighted by Gasteiger charge is -2.24. The third-order valence-corrected chi connectivity index (χ3v) is 7.82. The summed E-state index contributed by atoms with van der Waals surface area (Å²) < 4.78 is 38.5. The van der Waals surface area contributed by atoms with Crippen LogP contribution in [0.25, 0.3) is 11.2 Å². The quantitative estimate of drug-likeness (QED) is 0.197. The lowest BCUT2D eigenvalue weighted by molar-refractivity contribution is -0.149. The highest BCUT2D eigenvalue weighted by Crippen LogP contribution is 2.46. The Morgan fingerprint density at radius 2 is 2.03 bits per heavy atom. The van der Waals surface area contributed by atoms with Gasteiger partial charge in [0, 0.05) is 0 Å². The number of rotatable bonds is 11. The van der Waals surface area contributed by atoms with Gasteiger partial charge in [-0.2, -0.15) is 15.1 Å². The lowest BCUT2D eigenvalue weighted by Crippen LogP contribution is -2.36. The highest BCUT2D eigenvalue weighted by Gasteiger charge is 2.37. The summed E-state index contributed by atoms with van der Waals surface area (Å²) in [6, 6.07) is 7.66. The Morgan fingerprint density at radius 3 is 2.74 bits per heavy atom. The molecular formula is C24H32ClN6O6P. The number of imidazole rings is 1. The molecule has 0 saturated carbocycles. The number of benzene rings is 1. The van der Waals surface area contributed by atoms with Gasteiger partial charge in [-0.05, 0) is 45.2 Å². The Kier molecular flexibility index (Phi) is 8.89. The first-order chi connectivity index (χ1) is 18.0. The number of esters is 1. The number of nitrogens with two attached hydrogens (primary N) is 1. The molecule has 1 aliphatic rings. The second-order valence-corrected chi connectivity index (χ2v) is 11.5. The Labute approximate surface area is 225 Å². The van der Waals surface area contributed by atoms with E-state index in [1.807, 2.05) is 4.57 Å². The maximum atomic E-state index is 13.7. The van der Waals surface area contributed by atoms with E-state index in [-0.39, 0.29) is 41.9 Å². The van der Waals surface area contributed by atoms with Gasteiger partial charge >= 0.3 is 13.7 Å². The molecule has 0 bridgehead atoms. The Morgan fingerprint density at radius 1 is 1.29 bits per heavy atom. The minimum absolute atomic E-state index is 0.0183. The summed E-state index contributed by atoms with van der Waals surface area (Å²) in [6.07, 6.45) is 1.40. The smallest absolute Gasteiger partial charge is 0.459 e. The SMILES string of the molecule is CC(C)OC(=O)[C@H](C)N[P@@](=O)(OC[C@@H]1C[C@H](C)C(Cn2cnc3c(Cl)nc(N)nc32)O1)Oc1ccccc1. The number of para-hydroxylation sites is 1. The number of fused-ring (bicyclic) bond motifs is 1. The Balaban J connectivity index is 1.42. The molecule has 0 amide bonds. The van der Waals surface area contributed by atoms with Gasteiger partial charge in [0.2, 0.25) is 5.95 Å². The van der Waals surface area contributed by atoms with Gasteiger partial charge in [-0.15, -0.1) is 0 Å². The van der Waals surface area contributed by atoms with E-state index < -0.39 is 19.8 Å². The molecule has 5 atom stereocenters. The van der Waals surface area contributed by atoms with E-state index >= 15 is 0 Å². The molecule has 38 heavy (non-hydrogen) atoms. The molecule has 14 heteroatoms. The summed E-state index contributed by atoms with van der Waals surface area (Å²) in [5, 5.41) is 2.88. The summed E-state index contributed by atoms with van der Waals surface area (Å²) >= 11 is 6.14. The molecule has 206 valence electrons. The average molecular weight is 567 g/mol. The number of anilines is 1. The van der Waals surface area contributed by atoms with Crippen molar-refractivity contribution in [2.75, 3.05) is 12.3 Å². The van der Waals surface area contributed by atoms with Crippen molar-refractivity contribution in [3.63, 3.8) is 0 Å². The third kappa shape index (κ3) is 7.00. The number of ether oxygens (including phenoxy) is 2. The van der Waals surface area contributed by atoms with E-state index in [1.54, 1.807) is 50.5 Å². The molecule has 3 heterocycles. The van der Waals surface area contributed by atoms with Gasteiger partial charge in [0.1, 0.15) is 17.3 Å². The van der Waals surface area contributed by atoms with Crippen LogP contribution in [0, 0.1) is 5.92 Å². The van der Waals surface area contributed by atoms with Crippen LogP contribution in [-0.2, 0) is 29.9 Å². The number of nitrogens with one attached hydrogen (secondary N) is 1. The summed E-state index contributed by atoms with van der Waals surface area (Å²) in [6.45, 7) is 7.50. The molecule has 1 fully saturated rings. The van der Waals surface area contributed by atoms with Crippen LogP contribution in [0.5, 0.6) is 5.75 Å². The van der Waals surface area contributed by atoms with Crippen molar-refractivity contribution in [1.29, 1.82) is 0 Å². The molecule has 12 nitrogen and oxygen atoms in total. The zero-order chi connectivity index (χ0) is 27.4. The summed E-state index contributed by atoms with van der Waals surface area (Å²) in [5.74, 6) is -0.0243. The maximum Gasteiger partial charge on any atom is 0.459 e. The molecule has 2 aromatic heterocycles. The number of carbonyl (C=O) groups is 1. The number of hydrogen-bond acceptors (Lipinski definition) is 10. The van der Waals surface area contributed by atoms with Crippen LogP contribution in [0.3, 0.4) is 0 Å². The fourth-order valence-corrected chi connectivity index (χ4v) is 5.84. The Bertz CT molecular complexity index is 1310. The molecule has 0 radical (unpaired) electrons. The molecule has 1 saturated heterocycles. The Hall–Kier alpha value is -2.76. The molecular weight excluding hydrogens is 535 g/mol. The van der Waals surface area contributed by atoms with Gasteiger partial charge in [-0.3, -0.25) is 9.32 Å². The number of carbonyl (C=O) groups excluding carboxylic acids is 1. The monoisotopic (exact) mass is 566 g/mol. The van der Waals surface area contributed by atoms with Crippen molar-refractivity contribution in [2.45, 2.75) is 65.0 Å². The number of hydrogen-bond donors (Lipinski definition) is 2. The molecule has 3 aromatic rings. The van der Waals surface area contributed by atoms with Crippen LogP contribution in [0.2, 0.25) is 5.15 Å². The largest absolute Gasteiger partial charge is 0.462 e. The minimum atomic E-state index is -3.98. The molecule has 0 spiro atoms. The third-order valence-electron chi connectivity index (χ3n) is 5.91. The predicted molar refractivity (Wildman–Crippen MR) is 142 cm³/mol. The molecule has 1 aromatic carbocycles. The van der Waals surface area contributed by atoms with E-state index in [9.17, 15) is 9.36 Å². The number of aromatic nitrogens is 4. The zero-order valence-corrected chi connectivity index (χ0v) is 23.3. The molecule has 3 N–H and O–H groups in total. The number of halogens is 1. The lowest BCUT2D eigenvalue weighted by atomic mass is 10.0. The van der Waals surface area contributed by atoms with Crippen LogP contribution in [-0.4, -0.2) is 56.4 Å².